The molecule has 1 heterocycles. The SMILES string of the molecule is CN(CC(=O)O)CC(O)CN1CCN(CC(=O)O)CCN(CC(=O)O)CCN(CC(=O)O)CC1. The van der Waals surface area contributed by atoms with Crippen LogP contribution < -0.4 is 0 Å². The van der Waals surface area contributed by atoms with Gasteiger partial charge in [0.1, 0.15) is 0 Å². The van der Waals surface area contributed by atoms with Crippen LogP contribution in [0.4, 0.5) is 0 Å². The molecule has 34 heavy (non-hydrogen) atoms. The predicted molar refractivity (Wildman–Crippen MR) is 120 cm³/mol. The molecule has 196 valence electrons. The summed E-state index contributed by atoms with van der Waals surface area (Å²) in [5.41, 5.74) is 0. The van der Waals surface area contributed by atoms with Crippen LogP contribution in [0.25, 0.3) is 0 Å². The number of aliphatic carboxylic acids is 4. The zero-order chi connectivity index (χ0) is 25.7. The highest BCUT2D eigenvalue weighted by molar-refractivity contribution is 5.70. The Bertz CT molecular complexity index is 649. The quantitative estimate of drug-likeness (QED) is 0.184. The summed E-state index contributed by atoms with van der Waals surface area (Å²) in [6, 6.07) is 0. The van der Waals surface area contributed by atoms with Crippen LogP contribution in [0.15, 0.2) is 0 Å². The van der Waals surface area contributed by atoms with Gasteiger partial charge in [-0.2, -0.15) is 0 Å². The van der Waals surface area contributed by atoms with Crippen molar-refractivity contribution in [2.75, 3.05) is 98.7 Å². The summed E-state index contributed by atoms with van der Waals surface area (Å²) >= 11 is 0. The van der Waals surface area contributed by atoms with Crippen LogP contribution in [-0.4, -0.2) is 179 Å². The van der Waals surface area contributed by atoms with E-state index in [2.05, 4.69) is 0 Å². The van der Waals surface area contributed by atoms with E-state index in [0.717, 1.165) is 0 Å². The van der Waals surface area contributed by atoms with Crippen LogP contribution in [0.3, 0.4) is 0 Å². The van der Waals surface area contributed by atoms with Crippen LogP contribution in [0.2, 0.25) is 0 Å². The minimum Gasteiger partial charge on any atom is -0.480 e. The van der Waals surface area contributed by atoms with Crippen molar-refractivity contribution in [3.05, 3.63) is 0 Å². The van der Waals surface area contributed by atoms with Crippen LogP contribution in [-0.2, 0) is 19.2 Å². The summed E-state index contributed by atoms with van der Waals surface area (Å²) in [4.78, 5) is 53.1. The van der Waals surface area contributed by atoms with Crippen LogP contribution in [0, 0.1) is 0 Å². The van der Waals surface area contributed by atoms with Gasteiger partial charge in [0.15, 0.2) is 0 Å². The van der Waals surface area contributed by atoms with Gasteiger partial charge in [-0.05, 0) is 7.05 Å². The van der Waals surface area contributed by atoms with E-state index in [1.807, 2.05) is 4.90 Å². The zero-order valence-corrected chi connectivity index (χ0v) is 19.6. The Balaban J connectivity index is 2.92. The lowest BCUT2D eigenvalue weighted by Crippen LogP contribution is -2.50. The van der Waals surface area contributed by atoms with Crippen molar-refractivity contribution in [1.29, 1.82) is 0 Å². The molecule has 0 spiro atoms. The Morgan fingerprint density at radius 3 is 1.26 bits per heavy atom. The van der Waals surface area contributed by atoms with Gasteiger partial charge >= 0.3 is 23.9 Å². The van der Waals surface area contributed by atoms with Gasteiger partial charge in [-0.25, -0.2) is 0 Å². The van der Waals surface area contributed by atoms with Crippen molar-refractivity contribution in [2.45, 2.75) is 6.10 Å². The molecular weight excluding hydrogens is 454 g/mol. The number of aliphatic hydroxyl groups is 1. The molecule has 1 rings (SSSR count). The minimum atomic E-state index is -1.02. The zero-order valence-electron chi connectivity index (χ0n) is 19.6. The number of rotatable bonds is 12. The van der Waals surface area contributed by atoms with Gasteiger partial charge in [-0.3, -0.25) is 43.7 Å². The fourth-order valence-electron chi connectivity index (χ4n) is 3.82. The number of nitrogens with zero attached hydrogens (tertiary/aromatic N) is 5. The van der Waals surface area contributed by atoms with Crippen LogP contribution in [0.1, 0.15) is 0 Å². The second kappa shape index (κ2) is 15.5. The summed E-state index contributed by atoms with van der Waals surface area (Å²) in [5, 5.41) is 47.0. The number of β-amino-alcohol motifs (C(OH)–C–C–N with tert-alkyl or cyclic N) is 1. The van der Waals surface area contributed by atoms with Gasteiger partial charge in [-0.1, -0.05) is 0 Å². The summed E-state index contributed by atoms with van der Waals surface area (Å²) in [6.07, 6.45) is -0.857. The monoisotopic (exact) mass is 491 g/mol. The lowest BCUT2D eigenvalue weighted by molar-refractivity contribution is -0.140. The molecule has 0 bridgehead atoms. The van der Waals surface area contributed by atoms with E-state index in [4.69, 9.17) is 5.11 Å². The Labute approximate surface area is 198 Å². The molecule has 5 N–H and O–H groups in total. The van der Waals surface area contributed by atoms with Crippen molar-refractivity contribution in [3.63, 3.8) is 0 Å². The average Bonchev–Trinajstić information content (AvgIpc) is 2.68. The summed E-state index contributed by atoms with van der Waals surface area (Å²) in [6.45, 7) is 2.19. The molecule has 14 nitrogen and oxygen atoms in total. The van der Waals surface area contributed by atoms with Crippen molar-refractivity contribution in [2.24, 2.45) is 0 Å². The summed E-state index contributed by atoms with van der Waals surface area (Å²) in [5.74, 6) is -4.04. The first-order valence-electron chi connectivity index (χ1n) is 11.1. The Kier molecular flexibility index (Phi) is 13.5. The second-order valence-corrected chi connectivity index (χ2v) is 8.55. The minimum absolute atomic E-state index is 0.130. The van der Waals surface area contributed by atoms with Crippen molar-refractivity contribution < 1.29 is 44.7 Å². The number of likely N-dealkylation sites (N-methyl/N-ethyl adjacent to an activating group) is 1. The molecule has 1 atom stereocenters. The number of hydrogen-bond donors (Lipinski definition) is 5. The number of carboxylic acid groups (broad SMARTS) is 4. The lowest BCUT2D eigenvalue weighted by atomic mass is 10.2. The molecule has 0 aromatic heterocycles. The van der Waals surface area contributed by atoms with Gasteiger partial charge in [-0.15, -0.1) is 0 Å². The maximum Gasteiger partial charge on any atom is 0.317 e. The van der Waals surface area contributed by atoms with E-state index in [1.165, 1.54) is 4.90 Å². The van der Waals surface area contributed by atoms with Crippen molar-refractivity contribution >= 4 is 23.9 Å². The maximum absolute atomic E-state index is 11.3. The van der Waals surface area contributed by atoms with E-state index in [1.54, 1.807) is 21.7 Å². The number of carbonyl (C=O) groups is 4. The molecule has 1 saturated heterocycles. The molecular formula is C20H37N5O9. The third-order valence-corrected chi connectivity index (χ3v) is 5.40. The van der Waals surface area contributed by atoms with Crippen molar-refractivity contribution in [3.8, 4) is 0 Å². The second-order valence-electron chi connectivity index (χ2n) is 8.55. The molecule has 0 saturated carbocycles. The highest BCUT2D eigenvalue weighted by Crippen LogP contribution is 2.03. The molecule has 1 aliphatic rings. The first kappa shape index (κ1) is 29.7. The lowest BCUT2D eigenvalue weighted by Gasteiger charge is -2.34. The van der Waals surface area contributed by atoms with E-state index in [0.29, 0.717) is 52.4 Å². The van der Waals surface area contributed by atoms with Crippen LogP contribution >= 0.6 is 0 Å². The Morgan fingerprint density at radius 1 is 0.647 bits per heavy atom. The molecule has 1 aliphatic heterocycles. The number of aliphatic hydroxyl groups excluding tert-OH is 1. The fourth-order valence-corrected chi connectivity index (χ4v) is 3.82. The van der Waals surface area contributed by atoms with E-state index < -0.39 is 30.0 Å². The largest absolute Gasteiger partial charge is 0.480 e. The highest BCUT2D eigenvalue weighted by Gasteiger charge is 2.21. The van der Waals surface area contributed by atoms with Gasteiger partial charge in [0, 0.05) is 65.4 Å². The third-order valence-electron chi connectivity index (χ3n) is 5.40. The van der Waals surface area contributed by atoms with Gasteiger partial charge in [0.05, 0.1) is 32.3 Å². The Morgan fingerprint density at radius 2 is 0.971 bits per heavy atom. The molecule has 0 aliphatic carbocycles. The molecule has 0 aromatic carbocycles. The summed E-state index contributed by atoms with van der Waals surface area (Å²) < 4.78 is 0. The predicted octanol–water partition coefficient (Wildman–Crippen LogP) is -3.16. The highest BCUT2D eigenvalue weighted by atomic mass is 16.4. The van der Waals surface area contributed by atoms with Gasteiger partial charge in [0.2, 0.25) is 0 Å². The van der Waals surface area contributed by atoms with E-state index in [9.17, 15) is 39.6 Å². The normalized spacial score (nSPS) is 19.3. The fraction of sp³-hybridized carbons (Fsp3) is 0.800. The smallest absolute Gasteiger partial charge is 0.317 e. The van der Waals surface area contributed by atoms with E-state index >= 15 is 0 Å². The molecule has 0 aromatic rings. The first-order chi connectivity index (χ1) is 15.9. The summed E-state index contributed by atoms with van der Waals surface area (Å²) in [7, 11) is 1.58. The maximum atomic E-state index is 11.3. The molecule has 14 heteroatoms. The van der Waals surface area contributed by atoms with E-state index in [-0.39, 0.29) is 39.3 Å². The molecule has 1 unspecified atom stereocenters. The van der Waals surface area contributed by atoms with Crippen LogP contribution in [0.5, 0.6) is 0 Å². The Hall–Kier alpha value is -2.36. The molecule has 0 amide bonds. The van der Waals surface area contributed by atoms with Crippen molar-refractivity contribution in [1.82, 2.24) is 24.5 Å². The van der Waals surface area contributed by atoms with Gasteiger partial charge in [0.25, 0.3) is 0 Å². The standard InChI is InChI=1S/C20H37N5O9/c1-21(12-17(27)28)10-16(26)11-22-2-4-23(13-18(29)30)6-8-25(15-20(33)34)9-7-24(5-3-22)14-19(31)32/h16,26H,2-15H2,1H3,(H,27,28)(H,29,30)(H,31,32)(H,33,34). The topological polar surface area (TPSA) is 186 Å². The third kappa shape index (κ3) is 14.0. The average molecular weight is 492 g/mol. The molecule has 1 fully saturated rings. The molecule has 0 radical (unpaired) electrons. The number of hydrogen-bond acceptors (Lipinski definition) is 10. The van der Waals surface area contributed by atoms with Gasteiger partial charge < -0.3 is 25.5 Å². The number of carboxylic acids is 4. The first-order valence-corrected chi connectivity index (χ1v) is 11.1.